The van der Waals surface area contributed by atoms with Crippen molar-refractivity contribution in [1.29, 1.82) is 0 Å². The largest absolute Gasteiger partial charge is 0.303 e. The molecule has 0 aliphatic carbocycles. The average molecular weight is 483 g/mol. The molecule has 3 aromatic rings. The SMILES string of the molecule is CCN(CC)CCN(C)CC(=O)Nc1nc(-c2ccccc2)c(-c2ccc(=O)n(C(C)C)n2)s1. The summed E-state index contributed by atoms with van der Waals surface area (Å²) in [6.45, 7) is 12.1. The summed E-state index contributed by atoms with van der Waals surface area (Å²) in [6, 6.07) is 13.0. The van der Waals surface area contributed by atoms with Gasteiger partial charge in [0.25, 0.3) is 5.56 Å². The van der Waals surface area contributed by atoms with Gasteiger partial charge >= 0.3 is 0 Å². The second-order valence-electron chi connectivity index (χ2n) is 8.47. The van der Waals surface area contributed by atoms with Crippen molar-refractivity contribution in [2.45, 2.75) is 33.7 Å². The van der Waals surface area contributed by atoms with E-state index < -0.39 is 0 Å². The minimum absolute atomic E-state index is 0.0633. The Morgan fingerprint density at radius 2 is 1.79 bits per heavy atom. The van der Waals surface area contributed by atoms with E-state index in [-0.39, 0.29) is 24.1 Å². The van der Waals surface area contributed by atoms with Crippen molar-refractivity contribution in [3.8, 4) is 21.8 Å². The van der Waals surface area contributed by atoms with Crippen molar-refractivity contribution < 1.29 is 4.79 Å². The van der Waals surface area contributed by atoms with Crippen LogP contribution in [0.3, 0.4) is 0 Å². The second-order valence-corrected chi connectivity index (χ2v) is 9.47. The maximum absolute atomic E-state index is 12.7. The standard InChI is InChI=1S/C25H34N6O2S/c1-6-30(7-2)16-15-29(5)17-21(32)26-25-27-23(19-11-9-8-10-12-19)24(34-25)20-13-14-22(33)31(28-20)18(3)4/h8-14,18H,6-7,15-17H2,1-5H3,(H,26,27,32). The summed E-state index contributed by atoms with van der Waals surface area (Å²) in [5.74, 6) is -0.109. The summed E-state index contributed by atoms with van der Waals surface area (Å²) in [6.07, 6.45) is 0. The molecule has 0 saturated carbocycles. The third kappa shape index (κ3) is 6.59. The number of benzene rings is 1. The third-order valence-corrected chi connectivity index (χ3v) is 6.57. The quantitative estimate of drug-likeness (QED) is 0.447. The first-order valence-electron chi connectivity index (χ1n) is 11.7. The van der Waals surface area contributed by atoms with E-state index in [4.69, 9.17) is 4.98 Å². The molecule has 182 valence electrons. The lowest BCUT2D eigenvalue weighted by atomic mass is 10.1. The molecule has 1 aromatic carbocycles. The molecule has 2 heterocycles. The molecule has 0 aliphatic rings. The van der Waals surface area contributed by atoms with Gasteiger partial charge in [-0.05, 0) is 40.1 Å². The molecule has 3 rings (SSSR count). The van der Waals surface area contributed by atoms with Crippen LogP contribution in [0.1, 0.15) is 33.7 Å². The Labute approximate surface area is 205 Å². The first-order valence-corrected chi connectivity index (χ1v) is 12.5. The van der Waals surface area contributed by atoms with Crippen LogP contribution in [0, 0.1) is 0 Å². The number of likely N-dealkylation sites (N-methyl/N-ethyl adjacent to an activating group) is 2. The summed E-state index contributed by atoms with van der Waals surface area (Å²) in [5.41, 5.74) is 2.17. The monoisotopic (exact) mass is 482 g/mol. The molecule has 0 unspecified atom stereocenters. The van der Waals surface area contributed by atoms with Gasteiger partial charge in [0.05, 0.1) is 23.2 Å². The first-order chi connectivity index (χ1) is 16.3. The highest BCUT2D eigenvalue weighted by Gasteiger charge is 2.19. The van der Waals surface area contributed by atoms with Crippen molar-refractivity contribution in [1.82, 2.24) is 24.6 Å². The molecule has 0 spiro atoms. The number of hydrogen-bond donors (Lipinski definition) is 1. The minimum Gasteiger partial charge on any atom is -0.303 e. The lowest BCUT2D eigenvalue weighted by molar-refractivity contribution is -0.117. The maximum atomic E-state index is 12.7. The van der Waals surface area contributed by atoms with Crippen LogP contribution in [0.2, 0.25) is 0 Å². The van der Waals surface area contributed by atoms with E-state index >= 15 is 0 Å². The molecule has 9 heteroatoms. The predicted octanol–water partition coefficient (Wildman–Crippen LogP) is 3.83. The van der Waals surface area contributed by atoms with Gasteiger partial charge < -0.3 is 10.2 Å². The highest BCUT2D eigenvalue weighted by molar-refractivity contribution is 7.19. The summed E-state index contributed by atoms with van der Waals surface area (Å²) in [4.78, 5) is 34.8. The molecule has 8 nitrogen and oxygen atoms in total. The number of carbonyl (C=O) groups excluding carboxylic acids is 1. The highest BCUT2D eigenvalue weighted by atomic mass is 32.1. The van der Waals surface area contributed by atoms with Gasteiger partial charge in [-0.1, -0.05) is 55.5 Å². The van der Waals surface area contributed by atoms with Crippen LogP contribution in [-0.2, 0) is 4.79 Å². The predicted molar refractivity (Wildman–Crippen MR) is 139 cm³/mol. The molecular formula is C25H34N6O2S. The molecule has 0 radical (unpaired) electrons. The van der Waals surface area contributed by atoms with E-state index in [1.54, 1.807) is 6.07 Å². The van der Waals surface area contributed by atoms with Gasteiger partial charge in [-0.3, -0.25) is 14.5 Å². The van der Waals surface area contributed by atoms with E-state index in [2.05, 4.69) is 29.2 Å². The van der Waals surface area contributed by atoms with Crippen molar-refractivity contribution in [2.75, 3.05) is 45.1 Å². The fourth-order valence-corrected chi connectivity index (χ4v) is 4.56. The van der Waals surface area contributed by atoms with Gasteiger partial charge in [-0.2, -0.15) is 5.10 Å². The summed E-state index contributed by atoms with van der Waals surface area (Å²) >= 11 is 1.37. The zero-order valence-electron chi connectivity index (χ0n) is 20.6. The Morgan fingerprint density at radius 1 is 1.09 bits per heavy atom. The van der Waals surface area contributed by atoms with Crippen molar-refractivity contribution in [2.24, 2.45) is 0 Å². The number of amides is 1. The summed E-state index contributed by atoms with van der Waals surface area (Å²) in [7, 11) is 1.95. The lowest BCUT2D eigenvalue weighted by Crippen LogP contribution is -2.37. The van der Waals surface area contributed by atoms with E-state index in [0.29, 0.717) is 10.8 Å². The number of thiazole rings is 1. The number of hydrogen-bond acceptors (Lipinski definition) is 7. The van der Waals surface area contributed by atoms with Crippen LogP contribution in [0.15, 0.2) is 47.3 Å². The van der Waals surface area contributed by atoms with Gasteiger partial charge in [-0.25, -0.2) is 9.67 Å². The number of nitrogens with one attached hydrogen (secondary N) is 1. The number of nitrogens with zero attached hydrogens (tertiary/aromatic N) is 5. The highest BCUT2D eigenvalue weighted by Crippen LogP contribution is 2.37. The molecule has 2 aromatic heterocycles. The van der Waals surface area contributed by atoms with E-state index in [9.17, 15) is 9.59 Å². The van der Waals surface area contributed by atoms with Crippen molar-refractivity contribution in [3.63, 3.8) is 0 Å². The van der Waals surface area contributed by atoms with Crippen LogP contribution in [0.4, 0.5) is 5.13 Å². The van der Waals surface area contributed by atoms with E-state index in [0.717, 1.165) is 42.3 Å². The van der Waals surface area contributed by atoms with Crippen molar-refractivity contribution >= 4 is 22.4 Å². The Bertz CT molecular complexity index is 1140. The molecule has 0 aliphatic heterocycles. The summed E-state index contributed by atoms with van der Waals surface area (Å²) in [5, 5.41) is 8.04. The zero-order chi connectivity index (χ0) is 24.7. The normalized spacial score (nSPS) is 11.5. The van der Waals surface area contributed by atoms with Gasteiger partial charge in [0.1, 0.15) is 5.69 Å². The average Bonchev–Trinajstić information content (AvgIpc) is 3.24. The first kappa shape index (κ1) is 25.7. The van der Waals surface area contributed by atoms with Gasteiger partial charge in [0.15, 0.2) is 5.13 Å². The van der Waals surface area contributed by atoms with Gasteiger partial charge in [0, 0.05) is 24.7 Å². The zero-order valence-corrected chi connectivity index (χ0v) is 21.4. The Kier molecular flexibility index (Phi) is 9.09. The van der Waals surface area contributed by atoms with E-state index in [1.807, 2.05) is 56.1 Å². The van der Waals surface area contributed by atoms with Crippen LogP contribution in [0.25, 0.3) is 21.8 Å². The molecular weight excluding hydrogens is 448 g/mol. The number of aromatic nitrogens is 3. The Morgan fingerprint density at radius 3 is 2.44 bits per heavy atom. The Hall–Kier alpha value is -2.88. The van der Waals surface area contributed by atoms with Crippen LogP contribution in [-0.4, -0.2) is 70.2 Å². The number of carbonyl (C=O) groups is 1. The minimum atomic E-state index is -0.147. The maximum Gasteiger partial charge on any atom is 0.267 e. The van der Waals surface area contributed by atoms with E-state index in [1.165, 1.54) is 22.1 Å². The fraction of sp³-hybridized carbons (Fsp3) is 0.440. The van der Waals surface area contributed by atoms with Crippen LogP contribution < -0.4 is 10.9 Å². The van der Waals surface area contributed by atoms with Crippen LogP contribution in [0.5, 0.6) is 0 Å². The smallest absolute Gasteiger partial charge is 0.267 e. The number of anilines is 1. The number of rotatable bonds is 11. The molecule has 0 saturated heterocycles. The fourth-order valence-electron chi connectivity index (χ4n) is 3.59. The van der Waals surface area contributed by atoms with Crippen molar-refractivity contribution in [3.05, 3.63) is 52.8 Å². The second kappa shape index (κ2) is 12.0. The lowest BCUT2D eigenvalue weighted by Gasteiger charge is -2.22. The topological polar surface area (TPSA) is 83.4 Å². The molecule has 0 fully saturated rings. The molecule has 0 bridgehead atoms. The molecule has 34 heavy (non-hydrogen) atoms. The molecule has 0 atom stereocenters. The molecule has 1 N–H and O–H groups in total. The van der Waals surface area contributed by atoms with Gasteiger partial charge in [-0.15, -0.1) is 0 Å². The Balaban J connectivity index is 1.83. The third-order valence-electron chi connectivity index (χ3n) is 5.57. The van der Waals surface area contributed by atoms with Gasteiger partial charge in [0.2, 0.25) is 5.91 Å². The molecule has 1 amide bonds. The summed E-state index contributed by atoms with van der Waals surface area (Å²) < 4.78 is 1.47. The van der Waals surface area contributed by atoms with Crippen LogP contribution >= 0.6 is 11.3 Å².